The van der Waals surface area contributed by atoms with Crippen LogP contribution in [-0.4, -0.2) is 25.3 Å². The number of rotatable bonds is 7. The maximum Gasteiger partial charge on any atom is 0.277 e. The minimum atomic E-state index is -0.411. The summed E-state index contributed by atoms with van der Waals surface area (Å²) in [5.41, 5.74) is 2.86. The minimum Gasteiger partial charge on any atom is -0.494 e. The first-order valence-corrected chi connectivity index (χ1v) is 7.10. The molecule has 6 heteroatoms. The third-order valence-corrected chi connectivity index (χ3v) is 2.76. The third kappa shape index (κ3) is 5.78. The minimum absolute atomic E-state index is 0.172. The van der Waals surface area contributed by atoms with Gasteiger partial charge >= 0.3 is 0 Å². The van der Waals surface area contributed by atoms with Crippen LogP contribution >= 0.6 is 0 Å². The SMILES string of the molecule is CCOc1ccc(OCC(=O)N/N=C\c2cccc(F)c2)cc1. The Morgan fingerprint density at radius 3 is 2.52 bits per heavy atom. The summed E-state index contributed by atoms with van der Waals surface area (Å²) in [6.07, 6.45) is 1.36. The molecular weight excluding hydrogens is 299 g/mol. The van der Waals surface area contributed by atoms with E-state index in [0.717, 1.165) is 5.75 Å². The Morgan fingerprint density at radius 2 is 1.87 bits per heavy atom. The molecule has 23 heavy (non-hydrogen) atoms. The highest BCUT2D eigenvalue weighted by Gasteiger charge is 2.02. The van der Waals surface area contributed by atoms with Gasteiger partial charge in [0.25, 0.3) is 5.91 Å². The quantitative estimate of drug-likeness (QED) is 0.631. The summed E-state index contributed by atoms with van der Waals surface area (Å²) in [7, 11) is 0. The van der Waals surface area contributed by atoms with E-state index in [9.17, 15) is 9.18 Å². The molecule has 1 amide bonds. The first kappa shape index (κ1) is 16.5. The number of nitrogens with one attached hydrogen (secondary N) is 1. The number of nitrogens with zero attached hydrogens (tertiary/aromatic N) is 1. The summed E-state index contributed by atoms with van der Waals surface area (Å²) in [6.45, 7) is 2.32. The van der Waals surface area contributed by atoms with Gasteiger partial charge in [-0.15, -0.1) is 0 Å². The van der Waals surface area contributed by atoms with E-state index in [4.69, 9.17) is 9.47 Å². The smallest absolute Gasteiger partial charge is 0.277 e. The second kappa shape index (κ2) is 8.53. The van der Waals surface area contributed by atoms with Crippen molar-refractivity contribution < 1.29 is 18.7 Å². The van der Waals surface area contributed by atoms with Gasteiger partial charge in [0.2, 0.25) is 0 Å². The van der Waals surface area contributed by atoms with Crippen molar-refractivity contribution >= 4 is 12.1 Å². The van der Waals surface area contributed by atoms with Crippen LogP contribution in [0.3, 0.4) is 0 Å². The van der Waals surface area contributed by atoms with Crippen LogP contribution in [0.1, 0.15) is 12.5 Å². The topological polar surface area (TPSA) is 59.9 Å². The Bertz CT molecular complexity index is 672. The molecule has 0 fully saturated rings. The molecule has 0 bridgehead atoms. The second-order valence-corrected chi connectivity index (χ2v) is 4.54. The summed E-state index contributed by atoms with van der Waals surface area (Å²) in [5, 5.41) is 3.74. The second-order valence-electron chi connectivity index (χ2n) is 4.54. The molecule has 2 aromatic rings. The van der Waals surface area contributed by atoms with E-state index in [1.54, 1.807) is 36.4 Å². The molecule has 0 aromatic heterocycles. The molecule has 0 atom stereocenters. The number of halogens is 1. The maximum absolute atomic E-state index is 13.0. The normalized spacial score (nSPS) is 10.5. The molecule has 0 saturated carbocycles. The lowest BCUT2D eigenvalue weighted by molar-refractivity contribution is -0.123. The number of hydrogen-bond donors (Lipinski definition) is 1. The molecule has 0 saturated heterocycles. The predicted molar refractivity (Wildman–Crippen MR) is 85.2 cm³/mol. The largest absolute Gasteiger partial charge is 0.494 e. The van der Waals surface area contributed by atoms with E-state index >= 15 is 0 Å². The highest BCUT2D eigenvalue weighted by molar-refractivity contribution is 5.82. The monoisotopic (exact) mass is 316 g/mol. The third-order valence-electron chi connectivity index (χ3n) is 2.76. The number of ether oxygens (including phenoxy) is 2. The van der Waals surface area contributed by atoms with Crippen molar-refractivity contribution in [3.05, 3.63) is 59.9 Å². The average Bonchev–Trinajstić information content (AvgIpc) is 2.55. The van der Waals surface area contributed by atoms with Crippen LogP contribution in [0.5, 0.6) is 11.5 Å². The first-order valence-electron chi connectivity index (χ1n) is 7.10. The number of carbonyl (C=O) groups is 1. The Hall–Kier alpha value is -2.89. The molecule has 0 aliphatic carbocycles. The molecule has 0 aliphatic rings. The Morgan fingerprint density at radius 1 is 1.17 bits per heavy atom. The van der Waals surface area contributed by atoms with Crippen molar-refractivity contribution in [1.82, 2.24) is 5.43 Å². The lowest BCUT2D eigenvalue weighted by atomic mass is 10.2. The van der Waals surface area contributed by atoms with Gasteiger partial charge in [-0.25, -0.2) is 9.82 Å². The van der Waals surface area contributed by atoms with Gasteiger partial charge in [0.15, 0.2) is 6.61 Å². The molecule has 0 spiro atoms. The molecule has 1 N–H and O–H groups in total. The van der Waals surface area contributed by atoms with Gasteiger partial charge < -0.3 is 9.47 Å². The van der Waals surface area contributed by atoms with Gasteiger partial charge in [-0.3, -0.25) is 4.79 Å². The molecule has 120 valence electrons. The first-order chi connectivity index (χ1) is 11.2. The van der Waals surface area contributed by atoms with Gasteiger partial charge in [-0.1, -0.05) is 12.1 Å². The fraction of sp³-hybridized carbons (Fsp3) is 0.176. The summed E-state index contributed by atoms with van der Waals surface area (Å²) in [5.74, 6) is 0.521. The van der Waals surface area contributed by atoms with Crippen molar-refractivity contribution in [1.29, 1.82) is 0 Å². The van der Waals surface area contributed by atoms with Crippen LogP contribution < -0.4 is 14.9 Å². The number of hydrogen-bond acceptors (Lipinski definition) is 4. The van der Waals surface area contributed by atoms with Gasteiger partial charge in [-0.05, 0) is 48.9 Å². The van der Waals surface area contributed by atoms with Gasteiger partial charge in [-0.2, -0.15) is 5.10 Å². The Kier molecular flexibility index (Phi) is 6.11. The number of benzene rings is 2. The van der Waals surface area contributed by atoms with Gasteiger partial charge in [0.05, 0.1) is 12.8 Å². The number of hydrazone groups is 1. The van der Waals surface area contributed by atoms with E-state index in [-0.39, 0.29) is 12.4 Å². The van der Waals surface area contributed by atoms with Crippen molar-refractivity contribution in [2.24, 2.45) is 5.10 Å². The summed E-state index contributed by atoms with van der Waals surface area (Å²) < 4.78 is 23.6. The van der Waals surface area contributed by atoms with Crippen molar-refractivity contribution in [2.45, 2.75) is 6.92 Å². The Balaban J connectivity index is 1.76. The maximum atomic E-state index is 13.0. The summed E-state index contributed by atoms with van der Waals surface area (Å²) in [4.78, 5) is 11.6. The van der Waals surface area contributed by atoms with Crippen molar-refractivity contribution in [3.8, 4) is 11.5 Å². The zero-order valence-electron chi connectivity index (χ0n) is 12.7. The van der Waals surface area contributed by atoms with Crippen LogP contribution in [0.25, 0.3) is 0 Å². The van der Waals surface area contributed by atoms with E-state index in [0.29, 0.717) is 17.9 Å². The molecule has 5 nitrogen and oxygen atoms in total. The van der Waals surface area contributed by atoms with Crippen molar-refractivity contribution in [2.75, 3.05) is 13.2 Å². The highest BCUT2D eigenvalue weighted by atomic mass is 19.1. The van der Waals surface area contributed by atoms with Gasteiger partial charge in [0, 0.05) is 0 Å². The van der Waals surface area contributed by atoms with E-state index in [2.05, 4.69) is 10.5 Å². The van der Waals surface area contributed by atoms with Gasteiger partial charge in [0.1, 0.15) is 17.3 Å². The van der Waals surface area contributed by atoms with Crippen LogP contribution in [0.2, 0.25) is 0 Å². The fourth-order valence-electron chi connectivity index (χ4n) is 1.75. The molecular formula is C17H17FN2O3. The molecule has 2 aromatic carbocycles. The predicted octanol–water partition coefficient (Wildman–Crippen LogP) is 2.75. The standard InChI is InChI=1S/C17H17FN2O3/c1-2-22-15-6-8-16(9-7-15)23-12-17(21)20-19-11-13-4-3-5-14(18)10-13/h3-11H,2,12H2,1H3,(H,20,21)/b19-11-. The summed E-state index contributed by atoms with van der Waals surface area (Å²) >= 11 is 0. The van der Waals surface area contributed by atoms with Crippen LogP contribution in [-0.2, 0) is 4.79 Å². The van der Waals surface area contributed by atoms with E-state index in [1.165, 1.54) is 18.3 Å². The van der Waals surface area contributed by atoms with Crippen molar-refractivity contribution in [3.63, 3.8) is 0 Å². The van der Waals surface area contributed by atoms with Crippen LogP contribution in [0, 0.1) is 5.82 Å². The number of amides is 1. The summed E-state index contributed by atoms with van der Waals surface area (Å²) in [6, 6.07) is 12.8. The Labute approximate surface area is 133 Å². The zero-order chi connectivity index (χ0) is 16.5. The molecule has 0 radical (unpaired) electrons. The molecule has 0 heterocycles. The van der Waals surface area contributed by atoms with E-state index in [1.807, 2.05) is 6.92 Å². The fourth-order valence-corrected chi connectivity index (χ4v) is 1.75. The number of carbonyl (C=O) groups excluding carboxylic acids is 1. The molecule has 2 rings (SSSR count). The highest BCUT2D eigenvalue weighted by Crippen LogP contribution is 2.17. The van der Waals surface area contributed by atoms with Crippen LogP contribution in [0.15, 0.2) is 53.6 Å². The lowest BCUT2D eigenvalue weighted by Crippen LogP contribution is -2.24. The molecule has 0 unspecified atom stereocenters. The lowest BCUT2D eigenvalue weighted by Gasteiger charge is -2.06. The zero-order valence-corrected chi connectivity index (χ0v) is 12.7. The average molecular weight is 316 g/mol. The molecule has 0 aliphatic heterocycles. The van der Waals surface area contributed by atoms with Crippen LogP contribution in [0.4, 0.5) is 4.39 Å². The van der Waals surface area contributed by atoms with E-state index < -0.39 is 5.91 Å².